The Balaban J connectivity index is 1.80. The molecule has 1 fully saturated rings. The summed E-state index contributed by atoms with van der Waals surface area (Å²) in [5.74, 6) is 0.0574. The number of pyridine rings is 1. The normalized spacial score (nSPS) is 19.1. The van der Waals surface area contributed by atoms with E-state index in [2.05, 4.69) is 24.1 Å². The lowest BCUT2D eigenvalue weighted by atomic mass is 9.75. The van der Waals surface area contributed by atoms with E-state index in [0.29, 0.717) is 23.6 Å². The maximum atomic E-state index is 11.9. The molecule has 3 N–H and O–H groups in total. The van der Waals surface area contributed by atoms with Gasteiger partial charge in [-0.1, -0.05) is 13.8 Å². The summed E-state index contributed by atoms with van der Waals surface area (Å²) in [6.07, 6.45) is 6.43. The first kappa shape index (κ1) is 13.8. The predicted octanol–water partition coefficient (Wildman–Crippen LogP) is 2.29. The Bertz CT molecular complexity index is 429. The second kappa shape index (κ2) is 5.59. The Labute approximate surface area is 114 Å². The summed E-state index contributed by atoms with van der Waals surface area (Å²) in [6, 6.07) is 3.91. The lowest BCUT2D eigenvalue weighted by Gasteiger charge is -2.34. The standard InChI is InChI=1S/C15H23N3O/c1-15(2)7-5-12(6-8-15)18-14(19)9-13-4-3-11(16)10-17-13/h3-4,10,12H,5-9,16H2,1-2H3,(H,18,19). The Hall–Kier alpha value is -1.58. The molecule has 1 aromatic heterocycles. The first-order valence-electron chi connectivity index (χ1n) is 6.94. The van der Waals surface area contributed by atoms with Crippen LogP contribution in [-0.4, -0.2) is 16.9 Å². The smallest absolute Gasteiger partial charge is 0.226 e. The third kappa shape index (κ3) is 4.23. The van der Waals surface area contributed by atoms with Crippen LogP contribution >= 0.6 is 0 Å². The minimum absolute atomic E-state index is 0.0574. The van der Waals surface area contributed by atoms with E-state index in [1.165, 1.54) is 12.8 Å². The molecule has 1 heterocycles. The van der Waals surface area contributed by atoms with Crippen molar-refractivity contribution in [2.75, 3.05) is 5.73 Å². The second-order valence-electron chi connectivity index (χ2n) is 6.27. The van der Waals surface area contributed by atoms with Gasteiger partial charge in [0.25, 0.3) is 0 Å². The molecule has 0 aromatic carbocycles. The van der Waals surface area contributed by atoms with Crippen LogP contribution in [0.1, 0.15) is 45.2 Å². The van der Waals surface area contributed by atoms with E-state index in [0.717, 1.165) is 18.5 Å². The minimum atomic E-state index is 0.0574. The van der Waals surface area contributed by atoms with Gasteiger partial charge in [-0.25, -0.2) is 0 Å². The summed E-state index contributed by atoms with van der Waals surface area (Å²) < 4.78 is 0. The van der Waals surface area contributed by atoms with Gasteiger partial charge >= 0.3 is 0 Å². The van der Waals surface area contributed by atoms with Gasteiger partial charge in [-0.05, 0) is 43.2 Å². The SMILES string of the molecule is CC1(C)CCC(NC(=O)Cc2ccc(N)cn2)CC1. The van der Waals surface area contributed by atoms with E-state index in [9.17, 15) is 4.79 Å². The zero-order valence-corrected chi connectivity index (χ0v) is 11.8. The molecule has 0 radical (unpaired) electrons. The van der Waals surface area contributed by atoms with E-state index in [-0.39, 0.29) is 5.91 Å². The average Bonchev–Trinajstić information content (AvgIpc) is 2.35. The summed E-state index contributed by atoms with van der Waals surface area (Å²) in [5.41, 5.74) is 7.39. The van der Waals surface area contributed by atoms with Crippen molar-refractivity contribution in [3.8, 4) is 0 Å². The molecular weight excluding hydrogens is 238 g/mol. The monoisotopic (exact) mass is 261 g/mol. The highest BCUT2D eigenvalue weighted by atomic mass is 16.1. The first-order chi connectivity index (χ1) is 8.94. The van der Waals surface area contributed by atoms with Crippen molar-refractivity contribution in [3.63, 3.8) is 0 Å². The van der Waals surface area contributed by atoms with Gasteiger partial charge in [-0.3, -0.25) is 9.78 Å². The van der Waals surface area contributed by atoms with Crippen molar-refractivity contribution in [1.82, 2.24) is 10.3 Å². The van der Waals surface area contributed by atoms with Gasteiger partial charge in [0.1, 0.15) is 0 Å². The van der Waals surface area contributed by atoms with E-state index in [4.69, 9.17) is 5.73 Å². The van der Waals surface area contributed by atoms with Gasteiger partial charge in [0.15, 0.2) is 0 Å². The third-order valence-corrected chi connectivity index (χ3v) is 3.89. The van der Waals surface area contributed by atoms with Crippen LogP contribution in [0.5, 0.6) is 0 Å². The summed E-state index contributed by atoms with van der Waals surface area (Å²) in [6.45, 7) is 4.59. The highest BCUT2D eigenvalue weighted by Crippen LogP contribution is 2.34. The zero-order chi connectivity index (χ0) is 13.9. The predicted molar refractivity (Wildman–Crippen MR) is 76.5 cm³/mol. The molecule has 0 unspecified atom stereocenters. The van der Waals surface area contributed by atoms with Crippen molar-refractivity contribution >= 4 is 11.6 Å². The quantitative estimate of drug-likeness (QED) is 0.877. The number of anilines is 1. The lowest BCUT2D eigenvalue weighted by Crippen LogP contribution is -2.40. The zero-order valence-electron chi connectivity index (χ0n) is 11.8. The summed E-state index contributed by atoms with van der Waals surface area (Å²) >= 11 is 0. The van der Waals surface area contributed by atoms with Crippen molar-refractivity contribution in [2.24, 2.45) is 5.41 Å². The number of nitrogens with zero attached hydrogens (tertiary/aromatic N) is 1. The molecule has 0 saturated heterocycles. The molecule has 0 aliphatic heterocycles. The maximum absolute atomic E-state index is 11.9. The van der Waals surface area contributed by atoms with Crippen LogP contribution < -0.4 is 11.1 Å². The molecule has 0 bridgehead atoms. The topological polar surface area (TPSA) is 68.0 Å². The second-order valence-corrected chi connectivity index (χ2v) is 6.27. The summed E-state index contributed by atoms with van der Waals surface area (Å²) in [7, 11) is 0. The van der Waals surface area contributed by atoms with Crippen LogP contribution in [0.4, 0.5) is 5.69 Å². The van der Waals surface area contributed by atoms with Crippen molar-refractivity contribution in [2.45, 2.75) is 52.0 Å². The minimum Gasteiger partial charge on any atom is -0.397 e. The highest BCUT2D eigenvalue weighted by Gasteiger charge is 2.27. The number of nitrogens with one attached hydrogen (secondary N) is 1. The fraction of sp³-hybridized carbons (Fsp3) is 0.600. The molecule has 1 aliphatic carbocycles. The number of amides is 1. The van der Waals surface area contributed by atoms with E-state index >= 15 is 0 Å². The molecule has 4 heteroatoms. The van der Waals surface area contributed by atoms with Gasteiger partial charge in [-0.2, -0.15) is 0 Å². The fourth-order valence-electron chi connectivity index (χ4n) is 2.53. The van der Waals surface area contributed by atoms with Gasteiger partial charge in [0.2, 0.25) is 5.91 Å². The van der Waals surface area contributed by atoms with Crippen LogP contribution in [0, 0.1) is 5.41 Å². The molecule has 4 nitrogen and oxygen atoms in total. The molecule has 1 aromatic rings. The number of hydrogen-bond donors (Lipinski definition) is 2. The first-order valence-corrected chi connectivity index (χ1v) is 6.94. The molecule has 1 amide bonds. The Morgan fingerprint density at radius 2 is 2.11 bits per heavy atom. The largest absolute Gasteiger partial charge is 0.397 e. The van der Waals surface area contributed by atoms with Gasteiger partial charge in [-0.15, -0.1) is 0 Å². The van der Waals surface area contributed by atoms with Crippen LogP contribution in [0.2, 0.25) is 0 Å². The van der Waals surface area contributed by atoms with Crippen LogP contribution in [-0.2, 0) is 11.2 Å². The van der Waals surface area contributed by atoms with Crippen molar-refractivity contribution in [3.05, 3.63) is 24.0 Å². The number of carbonyl (C=O) groups is 1. The van der Waals surface area contributed by atoms with Crippen LogP contribution in [0.15, 0.2) is 18.3 Å². The van der Waals surface area contributed by atoms with E-state index in [1.54, 1.807) is 18.3 Å². The molecule has 0 atom stereocenters. The maximum Gasteiger partial charge on any atom is 0.226 e. The molecule has 104 valence electrons. The number of nitrogen functional groups attached to an aromatic ring is 1. The van der Waals surface area contributed by atoms with Crippen molar-refractivity contribution in [1.29, 1.82) is 0 Å². The summed E-state index contributed by atoms with van der Waals surface area (Å²) in [5, 5.41) is 3.11. The van der Waals surface area contributed by atoms with Crippen LogP contribution in [0.25, 0.3) is 0 Å². The average molecular weight is 261 g/mol. The molecule has 19 heavy (non-hydrogen) atoms. The number of rotatable bonds is 3. The van der Waals surface area contributed by atoms with Gasteiger partial charge in [0.05, 0.1) is 18.3 Å². The lowest BCUT2D eigenvalue weighted by molar-refractivity contribution is -0.121. The number of hydrogen-bond acceptors (Lipinski definition) is 3. The summed E-state index contributed by atoms with van der Waals surface area (Å²) in [4.78, 5) is 16.1. The van der Waals surface area contributed by atoms with Gasteiger partial charge < -0.3 is 11.1 Å². The molecule has 2 rings (SSSR count). The molecule has 0 spiro atoms. The van der Waals surface area contributed by atoms with Crippen molar-refractivity contribution < 1.29 is 4.79 Å². The number of aromatic nitrogens is 1. The Morgan fingerprint density at radius 3 is 2.68 bits per heavy atom. The Kier molecular flexibility index (Phi) is 4.08. The highest BCUT2D eigenvalue weighted by molar-refractivity contribution is 5.78. The third-order valence-electron chi connectivity index (χ3n) is 3.89. The molecular formula is C15H23N3O. The van der Waals surface area contributed by atoms with E-state index in [1.807, 2.05) is 0 Å². The number of nitrogens with two attached hydrogens (primary N) is 1. The fourth-order valence-corrected chi connectivity index (χ4v) is 2.53. The number of carbonyl (C=O) groups excluding carboxylic acids is 1. The van der Waals surface area contributed by atoms with Crippen LogP contribution in [0.3, 0.4) is 0 Å². The molecule has 1 saturated carbocycles. The molecule has 1 aliphatic rings. The van der Waals surface area contributed by atoms with Gasteiger partial charge in [0, 0.05) is 11.7 Å². The van der Waals surface area contributed by atoms with E-state index < -0.39 is 0 Å². The Morgan fingerprint density at radius 1 is 1.42 bits per heavy atom.